The van der Waals surface area contributed by atoms with Gasteiger partial charge in [-0.1, -0.05) is 56.5 Å². The van der Waals surface area contributed by atoms with Crippen LogP contribution < -0.4 is 0 Å². The van der Waals surface area contributed by atoms with Gasteiger partial charge >= 0.3 is 5.97 Å². The predicted octanol–water partition coefficient (Wildman–Crippen LogP) is 5.85. The summed E-state index contributed by atoms with van der Waals surface area (Å²) in [5.41, 5.74) is -1.94. The number of aliphatic hydroxyl groups excluding tert-OH is 1. The number of phenolic OH excluding ortho intramolecular Hbond substituents is 1. The number of unbranched alkanes of at least 4 members (excludes halogenated alkanes) is 3. The van der Waals surface area contributed by atoms with Gasteiger partial charge in [-0.3, -0.25) is 4.99 Å². The molecule has 2 N–H and O–H groups in total. The second-order valence-electron chi connectivity index (χ2n) is 7.08. The molecule has 0 amide bonds. The third kappa shape index (κ3) is 5.91. The first kappa shape index (κ1) is 25.9. The molecule has 9 heteroatoms. The van der Waals surface area contributed by atoms with Crippen molar-refractivity contribution in [3.8, 4) is 5.75 Å². The van der Waals surface area contributed by atoms with E-state index in [0.717, 1.165) is 19.3 Å². The molecule has 0 aliphatic heterocycles. The summed E-state index contributed by atoms with van der Waals surface area (Å²) in [5, 5.41) is 20.7. The fraction of sp³-hybridized carbons (Fsp3) is 0.333. The maximum Gasteiger partial charge on any atom is 0.344 e. The zero-order chi connectivity index (χ0) is 24.5. The molecule has 2 rings (SSSR count). The topological polar surface area (TPSA) is 79.1 Å². The number of carbonyl (C=O) groups excluding carboxylic acids is 1. The Morgan fingerprint density at radius 3 is 2.18 bits per heavy atom. The van der Waals surface area contributed by atoms with Crippen molar-refractivity contribution in [2.24, 2.45) is 4.99 Å². The van der Waals surface area contributed by atoms with Crippen LogP contribution in [0.3, 0.4) is 0 Å². The summed E-state index contributed by atoms with van der Waals surface area (Å²) in [6.07, 6.45) is 3.41. The van der Waals surface area contributed by atoms with Crippen molar-refractivity contribution >= 4 is 17.4 Å². The molecule has 178 valence electrons. The molecule has 0 radical (unpaired) electrons. The molecule has 0 spiro atoms. The monoisotopic (exact) mass is 467 g/mol. The van der Waals surface area contributed by atoms with Gasteiger partial charge < -0.3 is 14.9 Å². The van der Waals surface area contributed by atoms with E-state index in [1.165, 1.54) is 6.92 Å². The van der Waals surface area contributed by atoms with Crippen LogP contribution in [0.1, 0.15) is 50.7 Å². The third-order valence-corrected chi connectivity index (χ3v) is 4.76. The largest absolute Gasteiger partial charge is 0.506 e. The van der Waals surface area contributed by atoms with Crippen LogP contribution >= 0.6 is 0 Å². The molecule has 5 nitrogen and oxygen atoms in total. The van der Waals surface area contributed by atoms with E-state index in [1.807, 2.05) is 6.92 Å². The molecule has 0 heterocycles. The third-order valence-electron chi connectivity index (χ3n) is 4.76. The van der Waals surface area contributed by atoms with E-state index in [-0.39, 0.29) is 18.9 Å². The molecular formula is C24H25F4NO4. The average molecular weight is 467 g/mol. The maximum absolute atomic E-state index is 14.5. The highest BCUT2D eigenvalue weighted by molar-refractivity contribution is 6.30. The van der Waals surface area contributed by atoms with Gasteiger partial charge in [0.25, 0.3) is 0 Å². The highest BCUT2D eigenvalue weighted by Gasteiger charge is 2.32. The lowest BCUT2D eigenvalue weighted by Crippen LogP contribution is -2.20. The van der Waals surface area contributed by atoms with E-state index < -0.39 is 51.9 Å². The minimum absolute atomic E-state index is 0.132. The van der Waals surface area contributed by atoms with Crippen molar-refractivity contribution < 1.29 is 37.3 Å². The highest BCUT2D eigenvalue weighted by atomic mass is 19.2. The van der Waals surface area contributed by atoms with E-state index in [9.17, 15) is 32.6 Å². The number of ether oxygens (including phenoxy) is 1. The van der Waals surface area contributed by atoms with Crippen LogP contribution in [0.25, 0.3) is 5.76 Å². The molecular weight excluding hydrogens is 442 g/mol. The van der Waals surface area contributed by atoms with Crippen molar-refractivity contribution in [3.63, 3.8) is 0 Å². The number of esters is 1. The Morgan fingerprint density at radius 2 is 1.58 bits per heavy atom. The standard InChI is InChI=1S/C24H25F4NO4/c1-3-5-6-10-13-29-21(14-11-8-7-9-12-14)16(24(32)33-4-2)22(30)15-17(25)18(26)19(27)20(28)23(15)31/h7-9,11-12,30-31H,3-6,10,13H2,1-2H3/b22-16+,29-21?. The average Bonchev–Trinajstić information content (AvgIpc) is 2.81. The van der Waals surface area contributed by atoms with Gasteiger partial charge in [0.05, 0.1) is 12.3 Å². The molecule has 0 aliphatic rings. The lowest BCUT2D eigenvalue weighted by molar-refractivity contribution is -0.137. The maximum atomic E-state index is 14.5. The van der Waals surface area contributed by atoms with E-state index in [4.69, 9.17) is 4.74 Å². The Balaban J connectivity index is 2.79. The minimum Gasteiger partial charge on any atom is -0.506 e. The number of aromatic hydroxyl groups is 1. The van der Waals surface area contributed by atoms with Crippen LogP contribution in [0.5, 0.6) is 5.75 Å². The number of aliphatic hydroxyl groups is 1. The fourth-order valence-corrected chi connectivity index (χ4v) is 3.11. The van der Waals surface area contributed by atoms with E-state index in [1.54, 1.807) is 30.3 Å². The van der Waals surface area contributed by atoms with E-state index in [2.05, 4.69) is 4.99 Å². The zero-order valence-electron chi connectivity index (χ0n) is 18.3. The SMILES string of the molecule is CCCCCCN=C(/C(C(=O)OCC)=C(\O)c1c(O)c(F)c(F)c(F)c1F)c1ccccc1. The van der Waals surface area contributed by atoms with Gasteiger partial charge in [-0.05, 0) is 13.3 Å². The first-order valence-electron chi connectivity index (χ1n) is 10.5. The number of nitrogens with zero attached hydrogens (tertiary/aromatic N) is 1. The number of rotatable bonds is 10. The van der Waals surface area contributed by atoms with Gasteiger partial charge in [0.1, 0.15) is 16.9 Å². The predicted molar refractivity (Wildman–Crippen MR) is 116 cm³/mol. The lowest BCUT2D eigenvalue weighted by atomic mass is 9.97. The summed E-state index contributed by atoms with van der Waals surface area (Å²) in [4.78, 5) is 17.2. The number of benzene rings is 2. The molecule has 0 fully saturated rings. The Morgan fingerprint density at radius 1 is 0.939 bits per heavy atom. The van der Waals surface area contributed by atoms with Crippen LogP contribution in [0, 0.1) is 23.3 Å². The van der Waals surface area contributed by atoms with Gasteiger partial charge in [-0.15, -0.1) is 0 Å². The second kappa shape index (κ2) is 12.0. The summed E-state index contributed by atoms with van der Waals surface area (Å²) in [6.45, 7) is 3.59. The van der Waals surface area contributed by atoms with Gasteiger partial charge in [0, 0.05) is 12.1 Å². The summed E-state index contributed by atoms with van der Waals surface area (Å²) in [5.74, 6) is -12.9. The number of phenols is 1. The number of hydrogen-bond donors (Lipinski definition) is 2. The van der Waals surface area contributed by atoms with Crippen molar-refractivity contribution in [3.05, 3.63) is 70.3 Å². The molecule has 33 heavy (non-hydrogen) atoms. The molecule has 0 atom stereocenters. The Bertz CT molecular complexity index is 1020. The van der Waals surface area contributed by atoms with Gasteiger partial charge in [-0.2, -0.15) is 4.39 Å². The molecule has 0 bridgehead atoms. The summed E-state index contributed by atoms with van der Waals surface area (Å²) < 4.78 is 60.8. The summed E-state index contributed by atoms with van der Waals surface area (Å²) in [7, 11) is 0. The van der Waals surface area contributed by atoms with Crippen molar-refractivity contribution in [2.75, 3.05) is 13.2 Å². The number of carbonyl (C=O) groups is 1. The van der Waals surface area contributed by atoms with E-state index in [0.29, 0.717) is 12.0 Å². The molecule has 0 aromatic heterocycles. The molecule has 0 unspecified atom stereocenters. The van der Waals surface area contributed by atoms with Crippen molar-refractivity contribution in [1.82, 2.24) is 0 Å². The first-order chi connectivity index (χ1) is 15.8. The molecule has 2 aromatic carbocycles. The Labute approximate surface area is 189 Å². The molecule has 0 aliphatic carbocycles. The van der Waals surface area contributed by atoms with Gasteiger partial charge in [-0.25, -0.2) is 18.0 Å². The Hall–Kier alpha value is -3.36. The smallest absolute Gasteiger partial charge is 0.344 e. The van der Waals surface area contributed by atoms with E-state index >= 15 is 0 Å². The first-order valence-corrected chi connectivity index (χ1v) is 10.5. The van der Waals surface area contributed by atoms with Crippen molar-refractivity contribution in [1.29, 1.82) is 0 Å². The fourth-order valence-electron chi connectivity index (χ4n) is 3.11. The Kier molecular flexibility index (Phi) is 9.44. The normalized spacial score (nSPS) is 12.5. The van der Waals surface area contributed by atoms with Gasteiger partial charge in [0.2, 0.25) is 11.6 Å². The number of aliphatic imine (C=N–C) groups is 1. The van der Waals surface area contributed by atoms with Gasteiger partial charge in [0.15, 0.2) is 17.4 Å². The quantitative estimate of drug-likeness (QED) is 0.0672. The second-order valence-corrected chi connectivity index (χ2v) is 7.08. The molecule has 0 saturated heterocycles. The molecule has 2 aromatic rings. The lowest BCUT2D eigenvalue weighted by Gasteiger charge is -2.15. The summed E-state index contributed by atoms with van der Waals surface area (Å²) in [6, 6.07) is 8.04. The van der Waals surface area contributed by atoms with Crippen LogP contribution in [0.15, 0.2) is 40.9 Å². The van der Waals surface area contributed by atoms with Crippen LogP contribution in [-0.4, -0.2) is 35.0 Å². The van der Waals surface area contributed by atoms with Crippen molar-refractivity contribution in [2.45, 2.75) is 39.5 Å². The highest BCUT2D eigenvalue weighted by Crippen LogP contribution is 2.35. The minimum atomic E-state index is -2.26. The summed E-state index contributed by atoms with van der Waals surface area (Å²) >= 11 is 0. The number of hydrogen-bond acceptors (Lipinski definition) is 5. The zero-order valence-corrected chi connectivity index (χ0v) is 18.3. The number of halogens is 4. The van der Waals surface area contributed by atoms with Crippen LogP contribution in [0.4, 0.5) is 17.6 Å². The van der Waals surface area contributed by atoms with Crippen LogP contribution in [0.2, 0.25) is 0 Å². The van der Waals surface area contributed by atoms with Crippen LogP contribution in [-0.2, 0) is 9.53 Å². The molecule has 0 saturated carbocycles.